The molecule has 3 N–H and O–H groups in total. The molecule has 15 heavy (non-hydrogen) atoms. The van der Waals surface area contributed by atoms with Crippen molar-refractivity contribution in [3.05, 3.63) is 29.8 Å². The van der Waals surface area contributed by atoms with E-state index < -0.39 is 6.03 Å². The first-order chi connectivity index (χ1) is 7.22. The van der Waals surface area contributed by atoms with Crippen molar-refractivity contribution >= 4 is 6.03 Å². The molecule has 0 aliphatic carbocycles. The van der Waals surface area contributed by atoms with E-state index in [4.69, 9.17) is 10.5 Å². The Balaban J connectivity index is 2.33. The molecule has 0 atom stereocenters. The molecule has 0 radical (unpaired) electrons. The number of hydrogen-bond donors (Lipinski definition) is 2. The predicted octanol–water partition coefficient (Wildman–Crippen LogP) is 1.30. The van der Waals surface area contributed by atoms with Gasteiger partial charge in [0.2, 0.25) is 0 Å². The van der Waals surface area contributed by atoms with E-state index in [1.807, 2.05) is 18.2 Å². The fraction of sp³-hybridized carbons (Fsp3) is 0.364. The lowest BCUT2D eigenvalue weighted by Gasteiger charge is -2.07. The zero-order chi connectivity index (χ0) is 11.1. The predicted molar refractivity (Wildman–Crippen MR) is 58.9 cm³/mol. The zero-order valence-corrected chi connectivity index (χ0v) is 8.82. The minimum absolute atomic E-state index is 0.422. The second kappa shape index (κ2) is 5.90. The Kier molecular flexibility index (Phi) is 4.47. The number of nitrogens with one attached hydrogen (secondary N) is 1. The number of nitrogens with two attached hydrogens (primary N) is 1. The Morgan fingerprint density at radius 1 is 1.53 bits per heavy atom. The second-order valence-electron chi connectivity index (χ2n) is 3.14. The minimum Gasteiger partial charge on any atom is -0.492 e. The van der Waals surface area contributed by atoms with Crippen molar-refractivity contribution in [1.29, 1.82) is 0 Å². The van der Waals surface area contributed by atoms with Crippen molar-refractivity contribution in [3.63, 3.8) is 0 Å². The lowest BCUT2D eigenvalue weighted by Crippen LogP contribution is -2.32. The Labute approximate surface area is 89.4 Å². The Bertz CT molecular complexity index is 326. The summed E-state index contributed by atoms with van der Waals surface area (Å²) in [6, 6.07) is 7.36. The van der Waals surface area contributed by atoms with Gasteiger partial charge in [-0.1, -0.05) is 19.1 Å². The fourth-order valence-corrected chi connectivity index (χ4v) is 1.20. The lowest BCUT2D eigenvalue weighted by molar-refractivity contribution is 0.244. The summed E-state index contributed by atoms with van der Waals surface area (Å²) in [5, 5.41) is 2.46. The Hall–Kier alpha value is -1.71. The molecule has 1 aromatic rings. The molecule has 1 aromatic carbocycles. The van der Waals surface area contributed by atoms with Crippen LogP contribution in [0.15, 0.2) is 24.3 Å². The zero-order valence-electron chi connectivity index (χ0n) is 8.82. The summed E-state index contributed by atoms with van der Waals surface area (Å²) in [5.74, 6) is 0.820. The van der Waals surface area contributed by atoms with E-state index >= 15 is 0 Å². The maximum Gasteiger partial charge on any atom is 0.312 e. The van der Waals surface area contributed by atoms with Crippen LogP contribution in [0.5, 0.6) is 5.75 Å². The summed E-state index contributed by atoms with van der Waals surface area (Å²) in [6.07, 6.45) is 0.983. The molecule has 0 heterocycles. The van der Waals surface area contributed by atoms with E-state index in [1.165, 1.54) is 5.56 Å². The molecular weight excluding hydrogens is 192 g/mol. The smallest absolute Gasteiger partial charge is 0.312 e. The number of rotatable bonds is 5. The van der Waals surface area contributed by atoms with Crippen molar-refractivity contribution in [1.82, 2.24) is 5.32 Å². The van der Waals surface area contributed by atoms with Crippen LogP contribution in [-0.4, -0.2) is 19.2 Å². The van der Waals surface area contributed by atoms with Crippen LogP contribution in [0.25, 0.3) is 0 Å². The molecular formula is C11H16N2O2. The number of carbonyl (C=O) groups is 1. The van der Waals surface area contributed by atoms with Crippen molar-refractivity contribution in [2.24, 2.45) is 5.73 Å². The minimum atomic E-state index is -0.527. The summed E-state index contributed by atoms with van der Waals surface area (Å²) in [5.41, 5.74) is 6.14. The van der Waals surface area contributed by atoms with Crippen molar-refractivity contribution in [3.8, 4) is 5.75 Å². The molecule has 0 bridgehead atoms. The van der Waals surface area contributed by atoms with Gasteiger partial charge >= 0.3 is 6.03 Å². The highest BCUT2D eigenvalue weighted by molar-refractivity contribution is 5.71. The van der Waals surface area contributed by atoms with Crippen LogP contribution < -0.4 is 15.8 Å². The van der Waals surface area contributed by atoms with Gasteiger partial charge in [0, 0.05) is 0 Å². The summed E-state index contributed by atoms with van der Waals surface area (Å²) in [7, 11) is 0. The first-order valence-electron chi connectivity index (χ1n) is 4.97. The normalized spacial score (nSPS) is 9.67. The van der Waals surface area contributed by atoms with E-state index in [0.29, 0.717) is 13.2 Å². The van der Waals surface area contributed by atoms with Gasteiger partial charge in [-0.25, -0.2) is 4.79 Å². The van der Waals surface area contributed by atoms with Crippen molar-refractivity contribution < 1.29 is 9.53 Å². The largest absolute Gasteiger partial charge is 0.492 e. The maximum atomic E-state index is 10.4. The van der Waals surface area contributed by atoms with Gasteiger partial charge in [-0.05, 0) is 24.1 Å². The van der Waals surface area contributed by atoms with Crippen LogP contribution in [0.3, 0.4) is 0 Å². The van der Waals surface area contributed by atoms with E-state index in [9.17, 15) is 4.79 Å². The van der Waals surface area contributed by atoms with Crippen molar-refractivity contribution in [2.45, 2.75) is 13.3 Å². The van der Waals surface area contributed by atoms with Gasteiger partial charge in [0.25, 0.3) is 0 Å². The Morgan fingerprint density at radius 3 is 3.00 bits per heavy atom. The molecule has 0 saturated carbocycles. The van der Waals surface area contributed by atoms with Crippen LogP contribution in [-0.2, 0) is 6.42 Å². The molecule has 0 aliphatic rings. The molecule has 0 spiro atoms. The molecule has 0 aliphatic heterocycles. The van der Waals surface area contributed by atoms with Gasteiger partial charge in [0.1, 0.15) is 12.4 Å². The third-order valence-electron chi connectivity index (χ3n) is 1.98. The second-order valence-corrected chi connectivity index (χ2v) is 3.14. The quantitative estimate of drug-likeness (QED) is 0.716. The Morgan fingerprint density at radius 2 is 2.33 bits per heavy atom. The first kappa shape index (κ1) is 11.4. The molecule has 0 saturated heterocycles. The topological polar surface area (TPSA) is 64.3 Å². The molecule has 4 nitrogen and oxygen atoms in total. The van der Waals surface area contributed by atoms with Crippen LogP contribution >= 0.6 is 0 Å². The average Bonchev–Trinajstić information content (AvgIpc) is 2.24. The summed E-state index contributed by atoms with van der Waals surface area (Å²) < 4.78 is 5.43. The maximum absolute atomic E-state index is 10.4. The molecule has 1 rings (SSSR count). The van der Waals surface area contributed by atoms with E-state index in [-0.39, 0.29) is 0 Å². The van der Waals surface area contributed by atoms with E-state index in [2.05, 4.69) is 18.3 Å². The number of hydrogen-bond acceptors (Lipinski definition) is 2. The first-order valence-corrected chi connectivity index (χ1v) is 4.97. The summed E-state index contributed by atoms with van der Waals surface area (Å²) >= 11 is 0. The fourth-order valence-electron chi connectivity index (χ4n) is 1.20. The molecule has 2 amide bonds. The van der Waals surface area contributed by atoms with Crippen LogP contribution in [0.1, 0.15) is 12.5 Å². The van der Waals surface area contributed by atoms with Gasteiger partial charge in [-0.2, -0.15) is 0 Å². The number of urea groups is 1. The van der Waals surface area contributed by atoms with E-state index in [1.54, 1.807) is 0 Å². The highest BCUT2D eigenvalue weighted by Gasteiger charge is 1.96. The number of aryl methyl sites for hydroxylation is 1. The third kappa shape index (κ3) is 4.35. The van der Waals surface area contributed by atoms with Crippen LogP contribution in [0, 0.1) is 0 Å². The number of ether oxygens (including phenoxy) is 1. The molecule has 0 aromatic heterocycles. The van der Waals surface area contributed by atoms with Gasteiger partial charge in [0.15, 0.2) is 0 Å². The van der Waals surface area contributed by atoms with E-state index in [0.717, 1.165) is 12.2 Å². The number of primary amides is 1. The number of carbonyl (C=O) groups excluding carboxylic acids is 1. The standard InChI is InChI=1S/C11H16N2O2/c1-2-9-4-3-5-10(8-9)15-7-6-13-11(12)14/h3-5,8H,2,6-7H2,1H3,(H3,12,13,14). The van der Waals surface area contributed by atoms with Gasteiger partial charge in [0.05, 0.1) is 6.54 Å². The molecule has 0 unspecified atom stereocenters. The number of amides is 2. The van der Waals surface area contributed by atoms with Gasteiger partial charge in [-0.3, -0.25) is 0 Å². The lowest BCUT2D eigenvalue weighted by atomic mass is 10.2. The SMILES string of the molecule is CCc1cccc(OCCNC(N)=O)c1. The summed E-state index contributed by atoms with van der Waals surface area (Å²) in [4.78, 5) is 10.4. The highest BCUT2D eigenvalue weighted by Crippen LogP contribution is 2.13. The highest BCUT2D eigenvalue weighted by atomic mass is 16.5. The van der Waals surface area contributed by atoms with Crippen LogP contribution in [0.4, 0.5) is 4.79 Å². The molecule has 4 heteroatoms. The van der Waals surface area contributed by atoms with Crippen LogP contribution in [0.2, 0.25) is 0 Å². The molecule has 82 valence electrons. The average molecular weight is 208 g/mol. The summed E-state index contributed by atoms with van der Waals surface area (Å²) in [6.45, 7) is 2.94. The van der Waals surface area contributed by atoms with Gasteiger partial charge < -0.3 is 15.8 Å². The molecule has 0 fully saturated rings. The number of benzene rings is 1. The monoisotopic (exact) mass is 208 g/mol. The third-order valence-corrected chi connectivity index (χ3v) is 1.98. The van der Waals surface area contributed by atoms with Gasteiger partial charge in [-0.15, -0.1) is 0 Å². The van der Waals surface area contributed by atoms with Crippen molar-refractivity contribution in [2.75, 3.05) is 13.2 Å².